The average Bonchev–Trinajstić information content (AvgIpc) is 2.82. The maximum Gasteiger partial charge on any atom is 0.338 e. The van der Waals surface area contributed by atoms with Gasteiger partial charge < -0.3 is 10.0 Å². The Morgan fingerprint density at radius 1 is 0.879 bits per heavy atom. The van der Waals surface area contributed by atoms with Crippen molar-refractivity contribution < 1.29 is 18.7 Å². The van der Waals surface area contributed by atoms with E-state index in [1.54, 1.807) is 18.2 Å². The van der Waals surface area contributed by atoms with Gasteiger partial charge in [-0.15, -0.1) is 0 Å². The maximum absolute atomic E-state index is 13.9. The molecule has 33 heavy (non-hydrogen) atoms. The molecule has 0 saturated heterocycles. The summed E-state index contributed by atoms with van der Waals surface area (Å²) in [4.78, 5) is 13.5. The monoisotopic (exact) mass is 447 g/mol. The minimum atomic E-state index is -1.27. The molecule has 0 aromatic heterocycles. The van der Waals surface area contributed by atoms with Gasteiger partial charge in [-0.3, -0.25) is 0 Å². The second kappa shape index (κ2) is 11.8. The summed E-state index contributed by atoms with van der Waals surface area (Å²) < 4.78 is 26.9. The molecular weight excluding hydrogens is 420 g/mol. The van der Waals surface area contributed by atoms with Gasteiger partial charge in [0, 0.05) is 29.9 Å². The molecule has 0 saturated carbocycles. The average molecular weight is 448 g/mol. The van der Waals surface area contributed by atoms with Crippen molar-refractivity contribution >= 4 is 11.7 Å². The Morgan fingerprint density at radius 3 is 2.12 bits per heavy atom. The van der Waals surface area contributed by atoms with E-state index >= 15 is 0 Å². The van der Waals surface area contributed by atoms with Gasteiger partial charge in [-0.2, -0.15) is 0 Å². The van der Waals surface area contributed by atoms with Crippen LogP contribution in [0.2, 0.25) is 0 Å². The van der Waals surface area contributed by atoms with E-state index in [-0.39, 0.29) is 11.4 Å². The molecule has 5 heteroatoms. The summed E-state index contributed by atoms with van der Waals surface area (Å²) >= 11 is 0. The van der Waals surface area contributed by atoms with Crippen LogP contribution in [0.5, 0.6) is 0 Å². The number of halogens is 2. The van der Waals surface area contributed by atoms with E-state index in [4.69, 9.17) is 0 Å². The highest BCUT2D eigenvalue weighted by Gasteiger charge is 2.15. The molecule has 3 aromatic rings. The van der Waals surface area contributed by atoms with Gasteiger partial charge in [-0.25, -0.2) is 13.6 Å². The Balaban J connectivity index is 1.76. The quantitative estimate of drug-likeness (QED) is 0.295. The van der Waals surface area contributed by atoms with E-state index in [1.807, 2.05) is 24.3 Å². The molecular formula is C28H27F2NO2. The van der Waals surface area contributed by atoms with Crippen molar-refractivity contribution in [1.82, 2.24) is 0 Å². The second-order valence-electron chi connectivity index (χ2n) is 7.91. The van der Waals surface area contributed by atoms with Gasteiger partial charge in [0.15, 0.2) is 0 Å². The third kappa shape index (κ3) is 7.18. The fourth-order valence-corrected chi connectivity index (χ4v) is 3.49. The van der Waals surface area contributed by atoms with Crippen molar-refractivity contribution in [3.05, 3.63) is 101 Å². The Morgan fingerprint density at radius 2 is 1.52 bits per heavy atom. The lowest BCUT2D eigenvalue weighted by atomic mass is 10.1. The van der Waals surface area contributed by atoms with Crippen LogP contribution in [0.25, 0.3) is 0 Å². The first-order valence-corrected chi connectivity index (χ1v) is 11.1. The summed E-state index contributed by atoms with van der Waals surface area (Å²) in [7, 11) is 0. The summed E-state index contributed by atoms with van der Waals surface area (Å²) in [5.41, 5.74) is 2.98. The fourth-order valence-electron chi connectivity index (χ4n) is 3.49. The van der Waals surface area contributed by atoms with Crippen LogP contribution in [-0.2, 0) is 6.54 Å². The number of carboxylic acids is 1. The number of hydrogen-bond acceptors (Lipinski definition) is 2. The van der Waals surface area contributed by atoms with Gasteiger partial charge in [0.2, 0.25) is 0 Å². The standard InChI is InChI=1S/C28H27F2NO2/c1-2-3-4-5-18-31(25-16-17-27(30)26(19-25)28(32)33)20-23-10-8-21(9-11-23)6-7-22-12-14-24(29)15-13-22/h8-17,19H,2-5,18,20H2,1H3,(H,32,33). The lowest BCUT2D eigenvalue weighted by Crippen LogP contribution is -2.24. The molecule has 3 rings (SSSR count). The van der Waals surface area contributed by atoms with Gasteiger partial charge in [0.25, 0.3) is 0 Å². The fraction of sp³-hybridized carbons (Fsp3) is 0.250. The smallest absolute Gasteiger partial charge is 0.338 e. The van der Waals surface area contributed by atoms with E-state index in [1.165, 1.54) is 24.3 Å². The summed E-state index contributed by atoms with van der Waals surface area (Å²) in [6.45, 7) is 3.47. The van der Waals surface area contributed by atoms with E-state index in [9.17, 15) is 18.7 Å². The summed E-state index contributed by atoms with van der Waals surface area (Å²) in [5, 5.41) is 9.29. The molecule has 0 unspecified atom stereocenters. The lowest BCUT2D eigenvalue weighted by Gasteiger charge is -2.25. The van der Waals surface area contributed by atoms with Crippen LogP contribution in [0.1, 0.15) is 59.7 Å². The number of anilines is 1. The second-order valence-corrected chi connectivity index (χ2v) is 7.91. The Kier molecular flexibility index (Phi) is 8.60. The molecule has 0 atom stereocenters. The number of rotatable bonds is 9. The van der Waals surface area contributed by atoms with Crippen molar-refractivity contribution in [3.63, 3.8) is 0 Å². The van der Waals surface area contributed by atoms with E-state index in [0.717, 1.165) is 48.9 Å². The molecule has 0 aliphatic carbocycles. The van der Waals surface area contributed by atoms with Crippen LogP contribution in [0.15, 0.2) is 66.7 Å². The molecule has 3 aromatic carbocycles. The highest BCUT2D eigenvalue weighted by Crippen LogP contribution is 2.22. The lowest BCUT2D eigenvalue weighted by molar-refractivity contribution is 0.0692. The number of aromatic carboxylic acids is 1. The first kappa shape index (κ1) is 24.0. The zero-order valence-corrected chi connectivity index (χ0v) is 18.7. The SMILES string of the molecule is CCCCCCN(Cc1ccc(C#Cc2ccc(F)cc2)cc1)c1ccc(F)c(C(=O)O)c1. The van der Waals surface area contributed by atoms with Crippen molar-refractivity contribution in [2.75, 3.05) is 11.4 Å². The van der Waals surface area contributed by atoms with Crippen LogP contribution in [0, 0.1) is 23.5 Å². The first-order chi connectivity index (χ1) is 16.0. The van der Waals surface area contributed by atoms with E-state index < -0.39 is 11.8 Å². The zero-order valence-electron chi connectivity index (χ0n) is 18.7. The van der Waals surface area contributed by atoms with Crippen LogP contribution in [0.3, 0.4) is 0 Å². The number of carboxylic acid groups (broad SMARTS) is 1. The molecule has 0 heterocycles. The van der Waals surface area contributed by atoms with Crippen molar-refractivity contribution in [1.29, 1.82) is 0 Å². The Bertz CT molecular complexity index is 1130. The molecule has 0 amide bonds. The molecule has 0 radical (unpaired) electrons. The zero-order chi connectivity index (χ0) is 23.6. The Hall–Kier alpha value is -3.65. The van der Waals surface area contributed by atoms with E-state index in [2.05, 4.69) is 23.7 Å². The molecule has 1 N–H and O–H groups in total. The number of benzene rings is 3. The van der Waals surface area contributed by atoms with E-state index in [0.29, 0.717) is 12.2 Å². The van der Waals surface area contributed by atoms with Gasteiger partial charge in [0.05, 0.1) is 5.56 Å². The molecule has 170 valence electrons. The molecule has 0 fully saturated rings. The highest BCUT2D eigenvalue weighted by molar-refractivity contribution is 5.89. The summed E-state index contributed by atoms with van der Waals surface area (Å²) in [6.07, 6.45) is 4.31. The van der Waals surface area contributed by atoms with Gasteiger partial charge in [-0.1, -0.05) is 50.2 Å². The van der Waals surface area contributed by atoms with Gasteiger partial charge in [-0.05, 0) is 66.6 Å². The predicted molar refractivity (Wildman–Crippen MR) is 127 cm³/mol. The normalized spacial score (nSPS) is 10.4. The van der Waals surface area contributed by atoms with Crippen LogP contribution < -0.4 is 4.90 Å². The first-order valence-electron chi connectivity index (χ1n) is 11.1. The minimum Gasteiger partial charge on any atom is -0.478 e. The Labute approximate surface area is 193 Å². The third-order valence-corrected chi connectivity index (χ3v) is 5.35. The maximum atomic E-state index is 13.9. The summed E-state index contributed by atoms with van der Waals surface area (Å²) in [5.74, 6) is 3.79. The minimum absolute atomic E-state index is 0.291. The predicted octanol–water partition coefficient (Wildman–Crippen LogP) is 6.65. The number of nitrogens with zero attached hydrogens (tertiary/aromatic N) is 1. The largest absolute Gasteiger partial charge is 0.478 e. The topological polar surface area (TPSA) is 40.5 Å². The summed E-state index contributed by atoms with van der Waals surface area (Å²) in [6, 6.07) is 18.1. The van der Waals surface area contributed by atoms with Crippen molar-refractivity contribution in [2.45, 2.75) is 39.2 Å². The number of unbranched alkanes of at least 4 members (excludes halogenated alkanes) is 3. The van der Waals surface area contributed by atoms with Crippen LogP contribution in [-0.4, -0.2) is 17.6 Å². The molecule has 0 spiro atoms. The number of carbonyl (C=O) groups is 1. The van der Waals surface area contributed by atoms with Crippen molar-refractivity contribution in [2.24, 2.45) is 0 Å². The molecule has 0 aliphatic heterocycles. The highest BCUT2D eigenvalue weighted by atomic mass is 19.1. The van der Waals surface area contributed by atoms with Gasteiger partial charge in [0.1, 0.15) is 11.6 Å². The van der Waals surface area contributed by atoms with Crippen LogP contribution in [0.4, 0.5) is 14.5 Å². The van der Waals surface area contributed by atoms with Crippen molar-refractivity contribution in [3.8, 4) is 11.8 Å². The molecule has 3 nitrogen and oxygen atoms in total. The third-order valence-electron chi connectivity index (χ3n) is 5.35. The molecule has 0 aliphatic rings. The van der Waals surface area contributed by atoms with Gasteiger partial charge >= 0.3 is 5.97 Å². The van der Waals surface area contributed by atoms with Crippen LogP contribution >= 0.6 is 0 Å². The number of hydrogen-bond donors (Lipinski definition) is 1. The molecule has 0 bridgehead atoms.